The zero-order chi connectivity index (χ0) is 36.2. The molecular weight excluding hydrogens is 622 g/mol. The van der Waals surface area contributed by atoms with Gasteiger partial charge in [0.25, 0.3) is 5.91 Å². The topological polar surface area (TPSA) is 148 Å². The molecule has 2 aromatic rings. The van der Waals surface area contributed by atoms with E-state index >= 15 is 0 Å². The van der Waals surface area contributed by atoms with Gasteiger partial charge in [0.1, 0.15) is 18.7 Å². The van der Waals surface area contributed by atoms with E-state index in [4.69, 9.17) is 4.74 Å². The van der Waals surface area contributed by atoms with Gasteiger partial charge in [0, 0.05) is 37.5 Å². The third-order valence-corrected chi connectivity index (χ3v) is 7.64. The summed E-state index contributed by atoms with van der Waals surface area (Å²) in [7, 11) is 0. The van der Waals surface area contributed by atoms with Crippen LogP contribution in [0.3, 0.4) is 0 Å². The van der Waals surface area contributed by atoms with Gasteiger partial charge < -0.3 is 26.0 Å². The Labute approximate surface area is 292 Å². The van der Waals surface area contributed by atoms with E-state index in [-0.39, 0.29) is 48.5 Å². The molecule has 0 bridgehead atoms. The first kappa shape index (κ1) is 40.8. The van der Waals surface area contributed by atoms with Crippen molar-refractivity contribution in [3.63, 3.8) is 0 Å². The van der Waals surface area contributed by atoms with E-state index < -0.39 is 30.1 Å². The van der Waals surface area contributed by atoms with Crippen molar-refractivity contribution >= 4 is 29.7 Å². The number of hydrogen-bond donors (Lipinski definition) is 4. The van der Waals surface area contributed by atoms with Crippen LogP contribution in [-0.2, 0) is 25.7 Å². The molecule has 1 heterocycles. The number of benzene rings is 1. The predicted molar refractivity (Wildman–Crippen MR) is 191 cm³/mol. The Balaban J connectivity index is 1.89. The summed E-state index contributed by atoms with van der Waals surface area (Å²) in [5, 5.41) is 11.5. The van der Waals surface area contributed by atoms with Crippen LogP contribution in [-0.4, -0.2) is 59.0 Å². The van der Waals surface area contributed by atoms with Crippen LogP contribution >= 0.6 is 0 Å². The molecule has 0 radical (unpaired) electrons. The van der Waals surface area contributed by atoms with Crippen LogP contribution in [0, 0.1) is 17.8 Å². The average Bonchev–Trinajstić information content (AvgIpc) is 3.59. The van der Waals surface area contributed by atoms with Gasteiger partial charge in [0.15, 0.2) is 0 Å². The molecule has 0 aliphatic carbocycles. The molecule has 0 unspecified atom stereocenters. The highest BCUT2D eigenvalue weighted by molar-refractivity contribution is 5.92. The highest BCUT2D eigenvalue weighted by Crippen LogP contribution is 2.12. The summed E-state index contributed by atoms with van der Waals surface area (Å²) >= 11 is 0. The highest BCUT2D eigenvalue weighted by Gasteiger charge is 2.29. The number of hydrogen-bond acceptors (Lipinski definition) is 6. The molecule has 0 fully saturated rings. The Kier molecular flexibility index (Phi) is 18.5. The summed E-state index contributed by atoms with van der Waals surface area (Å²) in [4.78, 5) is 64.4. The van der Waals surface area contributed by atoms with E-state index in [1.165, 1.54) is 10.6 Å². The number of allylic oxidation sites excluding steroid dienone is 1. The number of ether oxygens (including phenoxy) is 1. The minimum Gasteiger partial charge on any atom is -0.445 e. The maximum Gasteiger partial charge on any atom is 0.407 e. The summed E-state index contributed by atoms with van der Waals surface area (Å²) in [6, 6.07) is 11.0. The maximum absolute atomic E-state index is 13.5. The molecule has 49 heavy (non-hydrogen) atoms. The second kappa shape index (κ2) is 22.3. The van der Waals surface area contributed by atoms with Crippen LogP contribution in [0.4, 0.5) is 4.79 Å². The van der Waals surface area contributed by atoms with Gasteiger partial charge >= 0.3 is 6.09 Å². The number of alkyl carbamates (subject to hydrolysis) is 1. The van der Waals surface area contributed by atoms with Gasteiger partial charge in [-0.1, -0.05) is 84.4 Å². The number of carbonyl (C=O) groups is 5. The fourth-order valence-electron chi connectivity index (χ4n) is 5.24. The monoisotopic (exact) mass is 679 g/mol. The zero-order valence-electron chi connectivity index (χ0n) is 30.1. The molecule has 0 aliphatic heterocycles. The molecule has 11 nitrogen and oxygen atoms in total. The minimum absolute atomic E-state index is 0.115. The van der Waals surface area contributed by atoms with Crippen molar-refractivity contribution in [1.29, 1.82) is 0 Å². The summed E-state index contributed by atoms with van der Waals surface area (Å²) in [6.07, 6.45) is 9.67. The summed E-state index contributed by atoms with van der Waals surface area (Å²) in [5.41, 5.74) is 0.910. The van der Waals surface area contributed by atoms with Crippen LogP contribution in [0.2, 0.25) is 0 Å². The molecule has 4 N–H and O–H groups in total. The lowest BCUT2D eigenvalue weighted by Gasteiger charge is -2.27. The first-order valence-electron chi connectivity index (χ1n) is 17.5. The smallest absolute Gasteiger partial charge is 0.407 e. The predicted octanol–water partition coefficient (Wildman–Crippen LogP) is 5.76. The molecular formula is C38H57N5O6. The average molecular weight is 680 g/mol. The fourth-order valence-corrected chi connectivity index (χ4v) is 5.24. The maximum atomic E-state index is 13.5. The lowest BCUT2D eigenvalue weighted by Crippen LogP contribution is -2.55. The van der Waals surface area contributed by atoms with Crippen molar-refractivity contribution in [3.05, 3.63) is 72.6 Å². The molecule has 0 aliphatic rings. The van der Waals surface area contributed by atoms with Gasteiger partial charge in [-0.05, 0) is 67.6 Å². The van der Waals surface area contributed by atoms with Gasteiger partial charge in [0.2, 0.25) is 17.7 Å². The normalized spacial score (nSPS) is 13.2. The second-order valence-electron chi connectivity index (χ2n) is 13.8. The first-order chi connectivity index (χ1) is 23.3. The molecule has 3 atom stereocenters. The second-order valence-corrected chi connectivity index (χ2v) is 13.8. The van der Waals surface area contributed by atoms with Crippen molar-refractivity contribution in [2.45, 2.75) is 111 Å². The zero-order valence-corrected chi connectivity index (χ0v) is 30.1. The molecule has 270 valence electrons. The molecule has 1 aromatic carbocycles. The van der Waals surface area contributed by atoms with Gasteiger partial charge in [-0.15, -0.1) is 0 Å². The fraction of sp³-hybridized carbons (Fsp3) is 0.553. The molecule has 0 spiro atoms. The van der Waals surface area contributed by atoms with Crippen LogP contribution in [0.25, 0.3) is 0 Å². The number of rotatable bonds is 21. The Hall–Kier alpha value is -4.41. The van der Waals surface area contributed by atoms with Crippen molar-refractivity contribution in [2.24, 2.45) is 17.8 Å². The summed E-state index contributed by atoms with van der Waals surface area (Å²) < 4.78 is 6.66. The Morgan fingerprint density at radius 2 is 1.31 bits per heavy atom. The third-order valence-electron chi connectivity index (χ3n) is 7.64. The Morgan fingerprint density at radius 3 is 1.92 bits per heavy atom. The van der Waals surface area contributed by atoms with Gasteiger partial charge in [-0.25, -0.2) is 4.79 Å². The van der Waals surface area contributed by atoms with Crippen molar-refractivity contribution in [3.8, 4) is 0 Å². The number of unbranched alkanes of at least 4 members (excludes halogenated alkanes) is 2. The standard InChI is InChI=1S/C38H57N5O6/c1-27(2)23-31(18-19-35(45)43-21-13-14-22-43)40-36(46)33(25-29(5)6)42-37(47)32(24-28(3)4)41-34(44)17-11-8-12-20-39-38(48)49-26-30-15-9-7-10-16-30/h7,9-10,13-16,18-19,21-22,27-29,31-33H,8,11-12,17,20,23-26H2,1-6H3,(H,39,48)(H,40,46)(H,41,44)(H,42,47)/b19-18+/t31-,32+,33+/m1/s1. The molecule has 11 heteroatoms. The van der Waals surface area contributed by atoms with E-state index in [0.29, 0.717) is 45.1 Å². The van der Waals surface area contributed by atoms with E-state index in [1.807, 2.05) is 71.9 Å². The number of nitrogens with zero attached hydrogens (tertiary/aromatic N) is 1. The van der Waals surface area contributed by atoms with Gasteiger partial charge in [-0.2, -0.15) is 0 Å². The molecule has 0 saturated heterocycles. The highest BCUT2D eigenvalue weighted by atomic mass is 16.5. The van der Waals surface area contributed by atoms with E-state index in [1.54, 1.807) is 30.6 Å². The molecule has 4 amide bonds. The van der Waals surface area contributed by atoms with Crippen molar-refractivity contribution < 1.29 is 28.7 Å². The Bertz CT molecular complexity index is 1320. The van der Waals surface area contributed by atoms with Crippen LogP contribution in [0.15, 0.2) is 67.0 Å². The van der Waals surface area contributed by atoms with E-state index in [2.05, 4.69) is 21.3 Å². The molecule has 1 aromatic heterocycles. The van der Waals surface area contributed by atoms with Crippen LogP contribution in [0.1, 0.15) is 96.8 Å². The van der Waals surface area contributed by atoms with E-state index in [9.17, 15) is 24.0 Å². The van der Waals surface area contributed by atoms with Crippen molar-refractivity contribution in [1.82, 2.24) is 25.8 Å². The largest absolute Gasteiger partial charge is 0.445 e. The molecule has 2 rings (SSSR count). The number of carbonyl (C=O) groups excluding carboxylic acids is 5. The quantitative estimate of drug-likeness (QED) is 0.0974. The van der Waals surface area contributed by atoms with Crippen LogP contribution < -0.4 is 21.3 Å². The minimum atomic E-state index is -0.811. The van der Waals surface area contributed by atoms with E-state index in [0.717, 1.165) is 5.56 Å². The summed E-state index contributed by atoms with van der Waals surface area (Å²) in [5.74, 6) is -0.710. The van der Waals surface area contributed by atoms with Gasteiger partial charge in [0.05, 0.1) is 0 Å². The van der Waals surface area contributed by atoms with Crippen molar-refractivity contribution in [2.75, 3.05) is 6.54 Å². The van der Waals surface area contributed by atoms with Crippen LogP contribution in [0.5, 0.6) is 0 Å². The first-order valence-corrected chi connectivity index (χ1v) is 17.5. The number of amides is 4. The SMILES string of the molecule is CC(C)C[C@@H](/C=C/C(=O)n1cccc1)NC(=O)[C@H](CC(C)C)NC(=O)[C@H](CC(C)C)NC(=O)CCCCCNC(=O)OCc1ccccc1. The van der Waals surface area contributed by atoms with Gasteiger partial charge in [-0.3, -0.25) is 23.7 Å². The summed E-state index contributed by atoms with van der Waals surface area (Å²) in [6.45, 7) is 12.6. The number of nitrogens with one attached hydrogen (secondary N) is 4. The molecule has 0 saturated carbocycles. The third kappa shape index (κ3) is 17.5. The lowest BCUT2D eigenvalue weighted by atomic mass is 9.98. The Morgan fingerprint density at radius 1 is 0.714 bits per heavy atom. The number of aromatic nitrogens is 1. The lowest BCUT2D eigenvalue weighted by molar-refractivity contribution is -0.132.